The van der Waals surface area contributed by atoms with Crippen LogP contribution in [-0.4, -0.2) is 53.2 Å². The third-order valence-corrected chi connectivity index (χ3v) is 4.42. The van der Waals surface area contributed by atoms with Crippen molar-refractivity contribution in [1.29, 1.82) is 0 Å². The number of piperidine rings is 1. The molecule has 0 radical (unpaired) electrons. The first-order valence-electron chi connectivity index (χ1n) is 7.72. The molecule has 3 rings (SSSR count). The average molecular weight is 289 g/mol. The first-order valence-corrected chi connectivity index (χ1v) is 7.72. The number of aliphatic hydroxyl groups is 1. The summed E-state index contributed by atoms with van der Waals surface area (Å²) in [6, 6.07) is 8.55. The van der Waals surface area contributed by atoms with E-state index in [1.54, 1.807) is 0 Å². The fraction of sp³-hybridized carbons (Fsp3) is 0.562. The molecule has 0 bridgehead atoms. The Bertz CT molecular complexity index is 489. The molecular formula is C16H23N3O2. The van der Waals surface area contributed by atoms with Crippen molar-refractivity contribution in [2.75, 3.05) is 26.2 Å². The predicted molar refractivity (Wildman–Crippen MR) is 80.8 cm³/mol. The Labute approximate surface area is 125 Å². The lowest BCUT2D eigenvalue weighted by atomic mass is 10.0. The van der Waals surface area contributed by atoms with Gasteiger partial charge in [-0.05, 0) is 30.5 Å². The quantitative estimate of drug-likeness (QED) is 0.875. The topological polar surface area (TPSA) is 55.8 Å². The van der Waals surface area contributed by atoms with Gasteiger partial charge in [0.05, 0.1) is 6.61 Å². The fourth-order valence-corrected chi connectivity index (χ4v) is 3.27. The maximum absolute atomic E-state index is 11.8. The zero-order valence-corrected chi connectivity index (χ0v) is 12.3. The number of nitrogens with one attached hydrogen (secondary N) is 1. The molecule has 2 aliphatic rings. The number of aliphatic hydroxyl groups excluding tert-OH is 1. The molecule has 1 aromatic rings. The molecule has 1 unspecified atom stereocenters. The van der Waals surface area contributed by atoms with Gasteiger partial charge in [-0.25, -0.2) is 4.79 Å². The summed E-state index contributed by atoms with van der Waals surface area (Å²) in [5.41, 5.74) is 2.21. The molecule has 5 heteroatoms. The smallest absolute Gasteiger partial charge is 0.317 e. The van der Waals surface area contributed by atoms with Gasteiger partial charge < -0.3 is 15.3 Å². The van der Waals surface area contributed by atoms with Crippen LogP contribution < -0.4 is 5.32 Å². The van der Waals surface area contributed by atoms with Crippen molar-refractivity contribution in [3.8, 4) is 0 Å². The minimum atomic E-state index is 0.0918. The number of carbonyl (C=O) groups is 1. The van der Waals surface area contributed by atoms with Crippen LogP contribution in [0.4, 0.5) is 4.79 Å². The molecule has 0 aliphatic carbocycles. The predicted octanol–water partition coefficient (Wildman–Crippen LogP) is 1.17. The van der Waals surface area contributed by atoms with Crippen LogP contribution in [0.3, 0.4) is 0 Å². The molecule has 5 nitrogen and oxygen atoms in total. The Hall–Kier alpha value is -1.59. The Kier molecular flexibility index (Phi) is 4.41. The zero-order chi connectivity index (χ0) is 14.7. The second-order valence-electron chi connectivity index (χ2n) is 5.93. The van der Waals surface area contributed by atoms with E-state index >= 15 is 0 Å². The van der Waals surface area contributed by atoms with E-state index in [1.807, 2.05) is 17.0 Å². The third kappa shape index (κ3) is 3.36. The molecule has 1 aromatic carbocycles. The third-order valence-electron chi connectivity index (χ3n) is 4.42. The van der Waals surface area contributed by atoms with E-state index in [9.17, 15) is 4.79 Å². The number of nitrogens with zero attached hydrogens (tertiary/aromatic N) is 2. The van der Waals surface area contributed by atoms with Crippen molar-refractivity contribution in [3.63, 3.8) is 0 Å². The molecule has 2 fully saturated rings. The summed E-state index contributed by atoms with van der Waals surface area (Å²) in [6.07, 6.45) is 2.25. The van der Waals surface area contributed by atoms with Crippen molar-refractivity contribution in [3.05, 3.63) is 35.4 Å². The molecule has 2 amide bonds. The highest BCUT2D eigenvalue weighted by molar-refractivity contribution is 5.76. The first-order chi connectivity index (χ1) is 10.3. The summed E-state index contributed by atoms with van der Waals surface area (Å²) in [5, 5.41) is 12.0. The van der Waals surface area contributed by atoms with Crippen LogP contribution in [0, 0.1) is 0 Å². The molecule has 21 heavy (non-hydrogen) atoms. The normalized spacial score (nSPS) is 23.4. The monoisotopic (exact) mass is 289 g/mol. The van der Waals surface area contributed by atoms with E-state index in [2.05, 4.69) is 22.3 Å². The zero-order valence-electron chi connectivity index (χ0n) is 12.3. The van der Waals surface area contributed by atoms with Gasteiger partial charge in [-0.1, -0.05) is 24.3 Å². The van der Waals surface area contributed by atoms with Gasteiger partial charge >= 0.3 is 6.03 Å². The lowest BCUT2D eigenvalue weighted by molar-refractivity contribution is 0.122. The van der Waals surface area contributed by atoms with Crippen LogP contribution in [0.5, 0.6) is 0 Å². The second-order valence-corrected chi connectivity index (χ2v) is 5.93. The SMILES string of the molecule is O=C1NCCN1C1CCCN(Cc2ccc(CO)cc2)C1. The van der Waals surface area contributed by atoms with E-state index in [1.165, 1.54) is 5.56 Å². The molecular weight excluding hydrogens is 266 g/mol. The van der Waals surface area contributed by atoms with E-state index < -0.39 is 0 Å². The Morgan fingerprint density at radius 1 is 1.19 bits per heavy atom. The number of hydrogen-bond donors (Lipinski definition) is 2. The van der Waals surface area contributed by atoms with E-state index in [-0.39, 0.29) is 12.6 Å². The van der Waals surface area contributed by atoms with Crippen LogP contribution in [-0.2, 0) is 13.2 Å². The number of carbonyl (C=O) groups excluding carboxylic acids is 1. The van der Waals surface area contributed by atoms with Crippen molar-refractivity contribution in [2.24, 2.45) is 0 Å². The summed E-state index contributed by atoms with van der Waals surface area (Å²) in [7, 11) is 0. The van der Waals surface area contributed by atoms with Gasteiger partial charge in [0, 0.05) is 32.2 Å². The molecule has 1 atom stereocenters. The lowest BCUT2D eigenvalue weighted by Gasteiger charge is -2.37. The van der Waals surface area contributed by atoms with Crippen molar-refractivity contribution < 1.29 is 9.90 Å². The molecule has 2 heterocycles. The standard InChI is InChI=1S/C16H23N3O2/c20-12-14-5-3-13(4-6-14)10-18-8-1-2-15(11-18)19-9-7-17-16(19)21/h3-6,15,20H,1-2,7-12H2,(H,17,21). The minimum Gasteiger partial charge on any atom is -0.392 e. The maximum Gasteiger partial charge on any atom is 0.317 e. The molecule has 2 N–H and O–H groups in total. The number of rotatable bonds is 4. The number of urea groups is 1. The summed E-state index contributed by atoms with van der Waals surface area (Å²) < 4.78 is 0. The van der Waals surface area contributed by atoms with Gasteiger partial charge in [-0.2, -0.15) is 0 Å². The first kappa shape index (κ1) is 14.4. The van der Waals surface area contributed by atoms with Gasteiger partial charge in [0.15, 0.2) is 0 Å². The summed E-state index contributed by atoms with van der Waals surface area (Å²) in [5.74, 6) is 0. The van der Waals surface area contributed by atoms with Crippen LogP contribution in [0.2, 0.25) is 0 Å². The Morgan fingerprint density at radius 3 is 2.62 bits per heavy atom. The molecule has 2 aliphatic heterocycles. The molecule has 0 aromatic heterocycles. The van der Waals surface area contributed by atoms with Gasteiger partial charge in [0.2, 0.25) is 0 Å². The highest BCUT2D eigenvalue weighted by Crippen LogP contribution is 2.19. The number of likely N-dealkylation sites (tertiary alicyclic amines) is 1. The summed E-state index contributed by atoms with van der Waals surface area (Å²) in [4.78, 5) is 16.2. The van der Waals surface area contributed by atoms with Gasteiger partial charge in [-0.3, -0.25) is 4.90 Å². The molecule has 2 saturated heterocycles. The van der Waals surface area contributed by atoms with Crippen molar-refractivity contribution >= 4 is 6.03 Å². The largest absolute Gasteiger partial charge is 0.392 e. The Morgan fingerprint density at radius 2 is 1.95 bits per heavy atom. The summed E-state index contributed by atoms with van der Waals surface area (Å²) in [6.45, 7) is 4.66. The fourth-order valence-electron chi connectivity index (χ4n) is 3.27. The number of benzene rings is 1. The number of hydrogen-bond acceptors (Lipinski definition) is 3. The highest BCUT2D eigenvalue weighted by atomic mass is 16.3. The van der Waals surface area contributed by atoms with Gasteiger partial charge in [0.25, 0.3) is 0 Å². The molecule has 0 spiro atoms. The van der Waals surface area contributed by atoms with E-state index in [0.717, 1.165) is 51.1 Å². The van der Waals surface area contributed by atoms with Crippen LogP contribution in [0.1, 0.15) is 24.0 Å². The molecule has 114 valence electrons. The van der Waals surface area contributed by atoms with Crippen LogP contribution in [0.25, 0.3) is 0 Å². The number of amides is 2. The van der Waals surface area contributed by atoms with Crippen LogP contribution >= 0.6 is 0 Å². The van der Waals surface area contributed by atoms with E-state index in [4.69, 9.17) is 5.11 Å². The van der Waals surface area contributed by atoms with Gasteiger partial charge in [0.1, 0.15) is 0 Å². The Balaban J connectivity index is 1.59. The van der Waals surface area contributed by atoms with Gasteiger partial charge in [-0.15, -0.1) is 0 Å². The lowest BCUT2D eigenvalue weighted by Crippen LogP contribution is -2.48. The average Bonchev–Trinajstić information content (AvgIpc) is 2.94. The maximum atomic E-state index is 11.8. The van der Waals surface area contributed by atoms with E-state index in [0.29, 0.717) is 6.04 Å². The molecule has 0 saturated carbocycles. The highest BCUT2D eigenvalue weighted by Gasteiger charge is 2.31. The second kappa shape index (κ2) is 6.45. The minimum absolute atomic E-state index is 0.0918. The van der Waals surface area contributed by atoms with Crippen LogP contribution in [0.15, 0.2) is 24.3 Å². The van der Waals surface area contributed by atoms with Crippen molar-refractivity contribution in [2.45, 2.75) is 32.0 Å². The van der Waals surface area contributed by atoms with Crippen molar-refractivity contribution in [1.82, 2.24) is 15.1 Å². The summed E-state index contributed by atoms with van der Waals surface area (Å²) >= 11 is 0.